The molecule has 2 aliphatic rings. The van der Waals surface area contributed by atoms with Gasteiger partial charge in [0.2, 0.25) is 11.9 Å². The fourth-order valence-electron chi connectivity index (χ4n) is 3.36. The number of benzene rings is 1. The Morgan fingerprint density at radius 3 is 3.00 bits per heavy atom. The van der Waals surface area contributed by atoms with Crippen LogP contribution in [0.5, 0.6) is 0 Å². The lowest BCUT2D eigenvalue weighted by atomic mass is 10.1. The van der Waals surface area contributed by atoms with E-state index in [2.05, 4.69) is 49.6 Å². The maximum absolute atomic E-state index is 5.69. The smallest absolute Gasteiger partial charge is 0.230 e. The predicted molar refractivity (Wildman–Crippen MR) is 98.6 cm³/mol. The third-order valence-corrected chi connectivity index (χ3v) is 4.73. The number of aromatic nitrogens is 2. The van der Waals surface area contributed by atoms with Crippen molar-refractivity contribution in [3.8, 4) is 0 Å². The van der Waals surface area contributed by atoms with Crippen molar-refractivity contribution in [3.63, 3.8) is 0 Å². The summed E-state index contributed by atoms with van der Waals surface area (Å²) in [6, 6.07) is 6.16. The number of para-hydroxylation sites is 1. The van der Waals surface area contributed by atoms with E-state index in [4.69, 9.17) is 4.74 Å². The van der Waals surface area contributed by atoms with Gasteiger partial charge in [0.05, 0.1) is 30.7 Å². The zero-order chi connectivity index (χ0) is 17.2. The van der Waals surface area contributed by atoms with Crippen molar-refractivity contribution in [2.24, 2.45) is 4.99 Å². The number of hydrogen-bond acceptors (Lipinski definition) is 7. The molecule has 4 rings (SSSR count). The summed E-state index contributed by atoms with van der Waals surface area (Å²) in [7, 11) is 0. The van der Waals surface area contributed by atoms with Crippen LogP contribution in [0.2, 0.25) is 0 Å². The van der Waals surface area contributed by atoms with Gasteiger partial charge in [0.25, 0.3) is 0 Å². The van der Waals surface area contributed by atoms with Gasteiger partial charge in [-0.15, -0.1) is 0 Å². The number of aliphatic imine (C=N–C) groups is 1. The maximum Gasteiger partial charge on any atom is 0.230 e. The lowest BCUT2D eigenvalue weighted by molar-refractivity contribution is 0.0715. The first-order chi connectivity index (χ1) is 12.2. The van der Waals surface area contributed by atoms with Crippen molar-refractivity contribution in [2.45, 2.75) is 32.8 Å². The summed E-state index contributed by atoms with van der Waals surface area (Å²) < 4.78 is 5.69. The molecule has 0 amide bonds. The minimum atomic E-state index is 0.348. The Kier molecular flexibility index (Phi) is 4.50. The van der Waals surface area contributed by atoms with Crippen molar-refractivity contribution in [2.75, 3.05) is 31.8 Å². The van der Waals surface area contributed by atoms with Crippen LogP contribution in [-0.4, -0.2) is 53.4 Å². The second kappa shape index (κ2) is 6.93. The predicted octanol–water partition coefficient (Wildman–Crippen LogP) is 2.01. The van der Waals surface area contributed by atoms with Crippen molar-refractivity contribution in [3.05, 3.63) is 29.5 Å². The van der Waals surface area contributed by atoms with Crippen LogP contribution in [0, 0.1) is 13.8 Å². The normalized spacial score (nSPS) is 21.2. The molecule has 7 nitrogen and oxygen atoms in total. The van der Waals surface area contributed by atoms with Crippen LogP contribution in [0.25, 0.3) is 10.9 Å². The summed E-state index contributed by atoms with van der Waals surface area (Å²) in [6.45, 7) is 7.29. The average molecular weight is 340 g/mol. The summed E-state index contributed by atoms with van der Waals surface area (Å²) in [4.78, 5) is 16.0. The molecule has 1 saturated heterocycles. The van der Waals surface area contributed by atoms with Crippen molar-refractivity contribution < 1.29 is 4.74 Å². The van der Waals surface area contributed by atoms with Gasteiger partial charge < -0.3 is 10.1 Å². The lowest BCUT2D eigenvalue weighted by Crippen LogP contribution is -2.48. The number of aryl methyl sites for hydroxylation is 2. The molecule has 2 aromatic rings. The van der Waals surface area contributed by atoms with E-state index >= 15 is 0 Å². The standard InChI is InChI=1S/C18H24N6O/c1-12-5-3-7-15-13(2)21-18(22-16(12)15)23-17-19-10-24(11-20-17)9-14-6-4-8-25-14/h3,5,7,14H,4,6,8-11H2,1-2H3,(H2,19,20,21,22,23). The summed E-state index contributed by atoms with van der Waals surface area (Å²) in [5.41, 5.74) is 3.09. The number of guanidine groups is 1. The summed E-state index contributed by atoms with van der Waals surface area (Å²) in [5.74, 6) is 1.30. The Bertz CT molecular complexity index is 799. The Morgan fingerprint density at radius 2 is 2.24 bits per heavy atom. The molecule has 1 atom stereocenters. The number of rotatable bonds is 3. The molecule has 1 unspecified atom stereocenters. The minimum absolute atomic E-state index is 0.348. The monoisotopic (exact) mass is 340 g/mol. The van der Waals surface area contributed by atoms with Crippen molar-refractivity contribution in [1.29, 1.82) is 0 Å². The first-order valence-corrected chi connectivity index (χ1v) is 8.82. The number of anilines is 1. The zero-order valence-corrected chi connectivity index (χ0v) is 14.7. The van der Waals surface area contributed by atoms with Gasteiger partial charge in [-0.2, -0.15) is 0 Å². The molecule has 0 saturated carbocycles. The fraction of sp³-hybridized carbons (Fsp3) is 0.500. The van der Waals surface area contributed by atoms with Gasteiger partial charge in [0.15, 0.2) is 0 Å². The molecule has 2 aliphatic heterocycles. The van der Waals surface area contributed by atoms with E-state index < -0.39 is 0 Å². The SMILES string of the molecule is Cc1nc(NC2=NCN(CC3CCCO3)CN2)nc2c(C)cccc12. The van der Waals surface area contributed by atoms with E-state index in [9.17, 15) is 0 Å². The average Bonchev–Trinajstić information content (AvgIpc) is 3.11. The van der Waals surface area contributed by atoms with Crippen LogP contribution >= 0.6 is 0 Å². The highest BCUT2D eigenvalue weighted by Gasteiger charge is 2.21. The Morgan fingerprint density at radius 1 is 1.32 bits per heavy atom. The number of ether oxygens (including phenoxy) is 1. The molecule has 1 aromatic carbocycles. The number of nitrogens with zero attached hydrogens (tertiary/aromatic N) is 4. The van der Waals surface area contributed by atoms with Gasteiger partial charge in [0.1, 0.15) is 0 Å². The molecule has 1 fully saturated rings. The van der Waals surface area contributed by atoms with Gasteiger partial charge in [-0.05, 0) is 32.3 Å². The van der Waals surface area contributed by atoms with E-state index in [-0.39, 0.29) is 0 Å². The highest BCUT2D eigenvalue weighted by molar-refractivity contribution is 5.93. The first kappa shape index (κ1) is 16.2. The molecule has 132 valence electrons. The van der Waals surface area contributed by atoms with Gasteiger partial charge >= 0.3 is 0 Å². The second-order valence-electron chi connectivity index (χ2n) is 6.70. The van der Waals surface area contributed by atoms with Crippen LogP contribution in [0.3, 0.4) is 0 Å². The third kappa shape index (κ3) is 3.57. The first-order valence-electron chi connectivity index (χ1n) is 8.82. The molecular formula is C18H24N6O. The molecule has 0 bridgehead atoms. The summed E-state index contributed by atoms with van der Waals surface area (Å²) >= 11 is 0. The molecular weight excluding hydrogens is 316 g/mol. The minimum Gasteiger partial charge on any atom is -0.377 e. The molecule has 25 heavy (non-hydrogen) atoms. The Hall–Kier alpha value is -2.25. The number of hydrogen-bond donors (Lipinski definition) is 2. The van der Waals surface area contributed by atoms with E-state index in [1.807, 2.05) is 13.0 Å². The molecule has 7 heteroatoms. The summed E-state index contributed by atoms with van der Waals surface area (Å²) in [6.07, 6.45) is 2.66. The van der Waals surface area contributed by atoms with Crippen LogP contribution in [0.1, 0.15) is 24.1 Å². The molecule has 2 N–H and O–H groups in total. The largest absolute Gasteiger partial charge is 0.377 e. The van der Waals surface area contributed by atoms with Gasteiger partial charge in [0, 0.05) is 18.5 Å². The van der Waals surface area contributed by atoms with Gasteiger partial charge in [-0.1, -0.05) is 18.2 Å². The van der Waals surface area contributed by atoms with Gasteiger partial charge in [-0.25, -0.2) is 15.0 Å². The lowest BCUT2D eigenvalue weighted by Gasteiger charge is -2.28. The van der Waals surface area contributed by atoms with E-state index in [0.717, 1.165) is 54.4 Å². The third-order valence-electron chi connectivity index (χ3n) is 4.73. The van der Waals surface area contributed by atoms with Crippen molar-refractivity contribution >= 4 is 22.8 Å². The van der Waals surface area contributed by atoms with Crippen LogP contribution in [-0.2, 0) is 4.74 Å². The summed E-state index contributed by atoms with van der Waals surface area (Å²) in [5, 5.41) is 7.61. The number of nitrogens with one attached hydrogen (secondary N) is 2. The van der Waals surface area contributed by atoms with Crippen LogP contribution in [0.4, 0.5) is 5.95 Å². The second-order valence-corrected chi connectivity index (χ2v) is 6.70. The Labute approximate surface area is 147 Å². The van der Waals surface area contributed by atoms with Crippen LogP contribution in [0.15, 0.2) is 23.2 Å². The highest BCUT2D eigenvalue weighted by atomic mass is 16.5. The highest BCUT2D eigenvalue weighted by Crippen LogP contribution is 2.20. The topological polar surface area (TPSA) is 74.7 Å². The maximum atomic E-state index is 5.69. The van der Waals surface area contributed by atoms with Crippen LogP contribution < -0.4 is 10.6 Å². The van der Waals surface area contributed by atoms with E-state index in [1.54, 1.807) is 0 Å². The quantitative estimate of drug-likeness (QED) is 0.890. The zero-order valence-electron chi connectivity index (χ0n) is 14.7. The molecule has 0 spiro atoms. The number of fused-ring (bicyclic) bond motifs is 1. The fourth-order valence-corrected chi connectivity index (χ4v) is 3.36. The molecule has 0 radical (unpaired) electrons. The van der Waals surface area contributed by atoms with E-state index in [0.29, 0.717) is 18.7 Å². The molecule has 1 aromatic heterocycles. The van der Waals surface area contributed by atoms with Gasteiger partial charge in [-0.3, -0.25) is 10.2 Å². The van der Waals surface area contributed by atoms with Crippen molar-refractivity contribution in [1.82, 2.24) is 20.2 Å². The molecule has 3 heterocycles. The molecule has 0 aliphatic carbocycles. The van der Waals surface area contributed by atoms with E-state index in [1.165, 1.54) is 6.42 Å². The Balaban J connectivity index is 1.44.